The van der Waals surface area contributed by atoms with Gasteiger partial charge in [0.25, 0.3) is 5.91 Å². The van der Waals surface area contributed by atoms with E-state index in [4.69, 9.17) is 21.1 Å². The molecule has 26 heavy (non-hydrogen) atoms. The SMILES string of the molecule is COc1ccc2[nH]c3c(c2c1)CC(NC(=O)COc1ccc(Cl)cc1)C3. The van der Waals surface area contributed by atoms with Crippen molar-refractivity contribution in [2.45, 2.75) is 18.9 Å². The highest BCUT2D eigenvalue weighted by Crippen LogP contribution is 2.32. The van der Waals surface area contributed by atoms with Crippen molar-refractivity contribution in [2.24, 2.45) is 0 Å². The molecule has 0 fully saturated rings. The Morgan fingerprint density at radius 2 is 1.96 bits per heavy atom. The molecule has 2 aromatic carbocycles. The first-order chi connectivity index (χ1) is 12.6. The van der Waals surface area contributed by atoms with Crippen LogP contribution in [0.4, 0.5) is 0 Å². The number of halogens is 1. The molecule has 4 rings (SSSR count). The van der Waals surface area contributed by atoms with Gasteiger partial charge in [-0.05, 0) is 54.4 Å². The number of fused-ring (bicyclic) bond motifs is 3. The maximum Gasteiger partial charge on any atom is 0.258 e. The molecule has 1 aliphatic carbocycles. The van der Waals surface area contributed by atoms with E-state index < -0.39 is 0 Å². The van der Waals surface area contributed by atoms with Crippen LogP contribution >= 0.6 is 11.6 Å². The summed E-state index contributed by atoms with van der Waals surface area (Å²) >= 11 is 5.84. The molecule has 3 aromatic rings. The fourth-order valence-corrected chi connectivity index (χ4v) is 3.56. The lowest BCUT2D eigenvalue weighted by Crippen LogP contribution is -2.38. The second kappa shape index (κ2) is 6.92. The molecule has 0 saturated heterocycles. The van der Waals surface area contributed by atoms with Crippen LogP contribution in [0.3, 0.4) is 0 Å². The van der Waals surface area contributed by atoms with Gasteiger partial charge in [-0.1, -0.05) is 11.6 Å². The Hall–Kier alpha value is -2.66. The number of methoxy groups -OCH3 is 1. The normalized spacial score (nSPS) is 15.7. The van der Waals surface area contributed by atoms with Crippen LogP contribution in [0.15, 0.2) is 42.5 Å². The Bertz CT molecular complexity index is 950. The van der Waals surface area contributed by atoms with E-state index in [1.807, 2.05) is 18.2 Å². The van der Waals surface area contributed by atoms with E-state index in [9.17, 15) is 4.79 Å². The van der Waals surface area contributed by atoms with Gasteiger partial charge in [0.15, 0.2) is 6.61 Å². The van der Waals surface area contributed by atoms with Crippen molar-refractivity contribution in [3.8, 4) is 11.5 Å². The van der Waals surface area contributed by atoms with Gasteiger partial charge in [0.2, 0.25) is 0 Å². The summed E-state index contributed by atoms with van der Waals surface area (Å²) in [7, 11) is 1.66. The maximum atomic E-state index is 12.2. The Balaban J connectivity index is 1.37. The average molecular weight is 371 g/mol. The van der Waals surface area contributed by atoms with Crippen molar-refractivity contribution < 1.29 is 14.3 Å². The fourth-order valence-electron chi connectivity index (χ4n) is 3.43. The quantitative estimate of drug-likeness (QED) is 0.722. The van der Waals surface area contributed by atoms with Gasteiger partial charge < -0.3 is 19.8 Å². The third kappa shape index (κ3) is 3.35. The average Bonchev–Trinajstić information content (AvgIpc) is 3.18. The van der Waals surface area contributed by atoms with E-state index in [1.54, 1.807) is 31.4 Å². The van der Waals surface area contributed by atoms with E-state index in [0.29, 0.717) is 10.8 Å². The molecule has 2 N–H and O–H groups in total. The second-order valence-corrected chi connectivity index (χ2v) is 6.85. The van der Waals surface area contributed by atoms with E-state index in [1.165, 1.54) is 11.3 Å². The molecule has 1 aliphatic rings. The van der Waals surface area contributed by atoms with Gasteiger partial charge in [0.05, 0.1) is 7.11 Å². The molecule has 0 aliphatic heterocycles. The molecular weight excluding hydrogens is 352 g/mol. The Morgan fingerprint density at radius 1 is 1.19 bits per heavy atom. The largest absolute Gasteiger partial charge is 0.497 e. The number of amides is 1. The topological polar surface area (TPSA) is 63.3 Å². The summed E-state index contributed by atoms with van der Waals surface area (Å²) < 4.78 is 10.8. The first kappa shape index (κ1) is 16.8. The van der Waals surface area contributed by atoms with Crippen LogP contribution in [-0.2, 0) is 17.6 Å². The first-order valence-electron chi connectivity index (χ1n) is 8.47. The van der Waals surface area contributed by atoms with Gasteiger partial charge in [-0.15, -0.1) is 0 Å². The maximum absolute atomic E-state index is 12.2. The van der Waals surface area contributed by atoms with Crippen LogP contribution in [0.5, 0.6) is 11.5 Å². The molecule has 1 atom stereocenters. The fraction of sp³-hybridized carbons (Fsp3) is 0.250. The molecule has 0 bridgehead atoms. The summed E-state index contributed by atoms with van der Waals surface area (Å²) in [5.74, 6) is 1.33. The smallest absolute Gasteiger partial charge is 0.258 e. The van der Waals surface area contributed by atoms with Crippen LogP contribution in [0.25, 0.3) is 10.9 Å². The van der Waals surface area contributed by atoms with Crippen LogP contribution in [-0.4, -0.2) is 30.6 Å². The van der Waals surface area contributed by atoms with E-state index >= 15 is 0 Å². The highest BCUT2D eigenvalue weighted by Gasteiger charge is 2.26. The van der Waals surface area contributed by atoms with Gasteiger partial charge in [-0.3, -0.25) is 4.79 Å². The molecule has 6 heteroatoms. The van der Waals surface area contributed by atoms with Crippen molar-refractivity contribution in [3.63, 3.8) is 0 Å². The van der Waals surface area contributed by atoms with Gasteiger partial charge in [0, 0.05) is 34.1 Å². The summed E-state index contributed by atoms with van der Waals surface area (Å²) in [5.41, 5.74) is 3.53. The molecule has 1 amide bonds. The predicted octanol–water partition coefficient (Wildman–Crippen LogP) is 3.49. The molecule has 0 saturated carbocycles. The summed E-state index contributed by atoms with van der Waals surface area (Å²) in [6.45, 7) is -0.0133. The molecule has 0 spiro atoms. The molecule has 1 aromatic heterocycles. The number of aromatic nitrogens is 1. The summed E-state index contributed by atoms with van der Waals surface area (Å²) in [5, 5.41) is 4.84. The third-order valence-electron chi connectivity index (χ3n) is 4.65. The standard InChI is InChI=1S/C20H19ClN2O3/c1-25-15-6-7-18-17(10-15)16-8-13(9-19(16)23-18)22-20(24)11-26-14-4-2-12(21)3-5-14/h2-7,10,13,23H,8-9,11H2,1H3,(H,22,24). The van der Waals surface area contributed by atoms with Gasteiger partial charge >= 0.3 is 0 Å². The van der Waals surface area contributed by atoms with Crippen molar-refractivity contribution in [1.29, 1.82) is 0 Å². The van der Waals surface area contributed by atoms with Gasteiger partial charge in [-0.2, -0.15) is 0 Å². The van der Waals surface area contributed by atoms with Crippen LogP contribution in [0.2, 0.25) is 5.02 Å². The molecule has 1 unspecified atom stereocenters. The number of hydrogen-bond acceptors (Lipinski definition) is 3. The minimum Gasteiger partial charge on any atom is -0.497 e. The minimum absolute atomic E-state index is 0.0133. The summed E-state index contributed by atoms with van der Waals surface area (Å²) in [6.07, 6.45) is 1.59. The number of carbonyl (C=O) groups excluding carboxylic acids is 1. The number of aromatic amines is 1. The van der Waals surface area contributed by atoms with Crippen molar-refractivity contribution >= 4 is 28.4 Å². The monoisotopic (exact) mass is 370 g/mol. The zero-order valence-electron chi connectivity index (χ0n) is 14.3. The molecule has 0 radical (unpaired) electrons. The Labute approximate surface area is 156 Å². The lowest BCUT2D eigenvalue weighted by Gasteiger charge is -2.13. The highest BCUT2D eigenvalue weighted by atomic mass is 35.5. The number of carbonyl (C=O) groups is 1. The molecule has 5 nitrogen and oxygen atoms in total. The van der Waals surface area contributed by atoms with Crippen LogP contribution in [0.1, 0.15) is 11.3 Å². The zero-order valence-corrected chi connectivity index (χ0v) is 15.1. The second-order valence-electron chi connectivity index (χ2n) is 6.41. The van der Waals surface area contributed by atoms with Crippen molar-refractivity contribution in [3.05, 3.63) is 58.7 Å². The predicted molar refractivity (Wildman–Crippen MR) is 101 cm³/mol. The molecular formula is C20H19ClN2O3. The van der Waals surface area contributed by atoms with Gasteiger partial charge in [-0.25, -0.2) is 0 Å². The van der Waals surface area contributed by atoms with Crippen molar-refractivity contribution in [1.82, 2.24) is 10.3 Å². The highest BCUT2D eigenvalue weighted by molar-refractivity contribution is 6.30. The van der Waals surface area contributed by atoms with E-state index in [0.717, 1.165) is 29.5 Å². The minimum atomic E-state index is -0.128. The zero-order chi connectivity index (χ0) is 18.1. The molecule has 1 heterocycles. The number of ether oxygens (including phenoxy) is 2. The number of benzene rings is 2. The number of hydrogen-bond donors (Lipinski definition) is 2. The lowest BCUT2D eigenvalue weighted by atomic mass is 10.1. The number of rotatable bonds is 5. The van der Waals surface area contributed by atoms with Gasteiger partial charge in [0.1, 0.15) is 11.5 Å². The molecule has 134 valence electrons. The Morgan fingerprint density at radius 3 is 2.73 bits per heavy atom. The lowest BCUT2D eigenvalue weighted by molar-refractivity contribution is -0.123. The van der Waals surface area contributed by atoms with E-state index in [-0.39, 0.29) is 18.6 Å². The van der Waals surface area contributed by atoms with Crippen molar-refractivity contribution in [2.75, 3.05) is 13.7 Å². The van der Waals surface area contributed by atoms with E-state index in [2.05, 4.69) is 10.3 Å². The number of nitrogens with one attached hydrogen (secondary N) is 2. The Kier molecular flexibility index (Phi) is 4.47. The summed E-state index contributed by atoms with van der Waals surface area (Å²) in [4.78, 5) is 15.6. The first-order valence-corrected chi connectivity index (χ1v) is 8.85. The number of H-pyrrole nitrogens is 1. The van der Waals surface area contributed by atoms with Crippen LogP contribution in [0, 0.1) is 0 Å². The summed E-state index contributed by atoms with van der Waals surface area (Å²) in [6, 6.07) is 13.0. The third-order valence-corrected chi connectivity index (χ3v) is 4.90. The van der Waals surface area contributed by atoms with Crippen LogP contribution < -0.4 is 14.8 Å².